The first-order chi connectivity index (χ1) is 8.90. The fourth-order valence-corrected chi connectivity index (χ4v) is 3.39. The topological polar surface area (TPSA) is 30.5 Å². The van der Waals surface area contributed by atoms with Crippen LogP contribution in [0.3, 0.4) is 0 Å². The van der Waals surface area contributed by atoms with E-state index in [-0.39, 0.29) is 11.5 Å². The number of benzene rings is 1. The SMILES string of the molecule is COc1cc(Br)c2c(c1OC)C(C(C)(C)C)NCC2. The molecule has 1 aliphatic heterocycles. The Hall–Kier alpha value is -0.740. The van der Waals surface area contributed by atoms with E-state index in [0.29, 0.717) is 0 Å². The van der Waals surface area contributed by atoms with Crippen molar-refractivity contribution in [2.45, 2.75) is 33.2 Å². The lowest BCUT2D eigenvalue weighted by Gasteiger charge is -2.38. The van der Waals surface area contributed by atoms with Crippen molar-refractivity contribution in [1.82, 2.24) is 5.32 Å². The Kier molecular flexibility index (Phi) is 4.11. The van der Waals surface area contributed by atoms with Gasteiger partial charge in [-0.3, -0.25) is 0 Å². The third-order valence-electron chi connectivity index (χ3n) is 3.64. The lowest BCUT2D eigenvalue weighted by atomic mass is 9.78. The summed E-state index contributed by atoms with van der Waals surface area (Å²) in [5.41, 5.74) is 2.68. The maximum atomic E-state index is 5.63. The van der Waals surface area contributed by atoms with Gasteiger partial charge in [-0.1, -0.05) is 36.7 Å². The Morgan fingerprint density at radius 2 is 1.95 bits per heavy atom. The molecule has 1 aromatic rings. The van der Waals surface area contributed by atoms with Crippen molar-refractivity contribution in [3.05, 3.63) is 21.7 Å². The molecule has 0 aliphatic carbocycles. The van der Waals surface area contributed by atoms with Crippen LogP contribution in [0.15, 0.2) is 10.5 Å². The number of nitrogens with one attached hydrogen (secondary N) is 1. The van der Waals surface area contributed by atoms with Gasteiger partial charge in [0.1, 0.15) is 0 Å². The van der Waals surface area contributed by atoms with Crippen LogP contribution < -0.4 is 14.8 Å². The highest BCUT2D eigenvalue weighted by Gasteiger charge is 2.35. The van der Waals surface area contributed by atoms with Crippen molar-refractivity contribution in [3.8, 4) is 11.5 Å². The molecule has 3 nitrogen and oxygen atoms in total. The standard InChI is InChI=1S/C15H22BrNO2/c1-15(2,3)14-12-9(6-7-17-14)10(16)8-11(18-4)13(12)19-5/h8,14,17H,6-7H2,1-5H3. The zero-order chi connectivity index (χ0) is 14.2. The number of hydrogen-bond acceptors (Lipinski definition) is 3. The molecule has 0 aromatic heterocycles. The summed E-state index contributed by atoms with van der Waals surface area (Å²) < 4.78 is 12.2. The molecule has 0 radical (unpaired) electrons. The van der Waals surface area contributed by atoms with Gasteiger partial charge >= 0.3 is 0 Å². The Morgan fingerprint density at radius 1 is 1.26 bits per heavy atom. The highest BCUT2D eigenvalue weighted by atomic mass is 79.9. The van der Waals surface area contributed by atoms with Gasteiger partial charge in [0, 0.05) is 16.1 Å². The molecular formula is C15H22BrNO2. The number of methoxy groups -OCH3 is 2. The molecule has 0 saturated carbocycles. The first-order valence-electron chi connectivity index (χ1n) is 6.56. The molecule has 1 atom stereocenters. The van der Waals surface area contributed by atoms with E-state index in [1.165, 1.54) is 11.1 Å². The molecule has 106 valence electrons. The quantitative estimate of drug-likeness (QED) is 0.898. The van der Waals surface area contributed by atoms with E-state index in [9.17, 15) is 0 Å². The van der Waals surface area contributed by atoms with Gasteiger partial charge in [-0.05, 0) is 30.0 Å². The molecule has 1 heterocycles. The van der Waals surface area contributed by atoms with Crippen LogP contribution in [0.25, 0.3) is 0 Å². The van der Waals surface area contributed by atoms with Gasteiger partial charge in [0.2, 0.25) is 0 Å². The van der Waals surface area contributed by atoms with Crippen molar-refractivity contribution < 1.29 is 9.47 Å². The van der Waals surface area contributed by atoms with Crippen LogP contribution in [-0.2, 0) is 6.42 Å². The lowest BCUT2D eigenvalue weighted by molar-refractivity contribution is 0.251. The van der Waals surface area contributed by atoms with Crippen LogP contribution in [0.2, 0.25) is 0 Å². The monoisotopic (exact) mass is 327 g/mol. The number of fused-ring (bicyclic) bond motifs is 1. The van der Waals surface area contributed by atoms with Crippen molar-refractivity contribution in [3.63, 3.8) is 0 Å². The van der Waals surface area contributed by atoms with Crippen LogP contribution in [0, 0.1) is 5.41 Å². The van der Waals surface area contributed by atoms with Gasteiger partial charge in [-0.15, -0.1) is 0 Å². The van der Waals surface area contributed by atoms with Crippen molar-refractivity contribution in [1.29, 1.82) is 0 Å². The van der Waals surface area contributed by atoms with E-state index in [0.717, 1.165) is 28.9 Å². The van der Waals surface area contributed by atoms with E-state index in [2.05, 4.69) is 42.0 Å². The molecule has 1 aromatic carbocycles. The summed E-state index contributed by atoms with van der Waals surface area (Å²) >= 11 is 3.67. The molecule has 19 heavy (non-hydrogen) atoms. The van der Waals surface area contributed by atoms with E-state index in [1.54, 1.807) is 14.2 Å². The van der Waals surface area contributed by atoms with Gasteiger partial charge in [0.05, 0.1) is 14.2 Å². The maximum Gasteiger partial charge on any atom is 0.165 e. The first kappa shape index (κ1) is 14.7. The van der Waals surface area contributed by atoms with Crippen LogP contribution in [0.4, 0.5) is 0 Å². The molecular weight excluding hydrogens is 306 g/mol. The third-order valence-corrected chi connectivity index (χ3v) is 4.35. The highest BCUT2D eigenvalue weighted by Crippen LogP contribution is 2.47. The molecule has 0 saturated heterocycles. The predicted octanol–water partition coefficient (Wildman–Crippen LogP) is 3.70. The van der Waals surface area contributed by atoms with Gasteiger partial charge in [-0.25, -0.2) is 0 Å². The molecule has 0 bridgehead atoms. The van der Waals surface area contributed by atoms with E-state index in [4.69, 9.17) is 9.47 Å². The summed E-state index contributed by atoms with van der Waals surface area (Å²) in [7, 11) is 3.39. The van der Waals surface area contributed by atoms with E-state index >= 15 is 0 Å². The summed E-state index contributed by atoms with van der Waals surface area (Å²) in [6, 6.07) is 2.26. The van der Waals surface area contributed by atoms with Gasteiger partial charge < -0.3 is 14.8 Å². The molecule has 1 unspecified atom stereocenters. The Bertz CT molecular complexity index is 480. The Labute approximate surface area is 123 Å². The number of halogens is 1. The molecule has 1 N–H and O–H groups in total. The normalized spacial score (nSPS) is 18.9. The number of ether oxygens (including phenoxy) is 2. The fourth-order valence-electron chi connectivity index (χ4n) is 2.77. The minimum atomic E-state index is 0.119. The highest BCUT2D eigenvalue weighted by molar-refractivity contribution is 9.10. The zero-order valence-corrected chi connectivity index (χ0v) is 13.8. The summed E-state index contributed by atoms with van der Waals surface area (Å²) in [5.74, 6) is 1.64. The number of hydrogen-bond donors (Lipinski definition) is 1. The average molecular weight is 328 g/mol. The fraction of sp³-hybridized carbons (Fsp3) is 0.600. The average Bonchev–Trinajstić information content (AvgIpc) is 2.36. The summed E-state index contributed by atoms with van der Waals surface area (Å²) in [5, 5.41) is 3.61. The predicted molar refractivity (Wildman–Crippen MR) is 81.1 cm³/mol. The van der Waals surface area contributed by atoms with Crippen LogP contribution >= 0.6 is 15.9 Å². The summed E-state index contributed by atoms with van der Waals surface area (Å²) in [6.45, 7) is 7.72. The second-order valence-electron chi connectivity index (χ2n) is 5.99. The maximum absolute atomic E-state index is 5.63. The van der Waals surface area contributed by atoms with Gasteiger partial charge in [0.15, 0.2) is 11.5 Å². The molecule has 0 spiro atoms. The minimum absolute atomic E-state index is 0.119. The minimum Gasteiger partial charge on any atom is -0.493 e. The van der Waals surface area contributed by atoms with Crippen LogP contribution in [-0.4, -0.2) is 20.8 Å². The molecule has 0 fully saturated rings. The van der Waals surface area contributed by atoms with Crippen molar-refractivity contribution >= 4 is 15.9 Å². The molecule has 0 amide bonds. The summed E-state index contributed by atoms with van der Waals surface area (Å²) in [4.78, 5) is 0. The Balaban J connectivity index is 2.69. The molecule has 4 heteroatoms. The largest absolute Gasteiger partial charge is 0.493 e. The second kappa shape index (κ2) is 5.33. The molecule has 1 aliphatic rings. The van der Waals surface area contributed by atoms with Crippen LogP contribution in [0.1, 0.15) is 37.9 Å². The van der Waals surface area contributed by atoms with Gasteiger partial charge in [-0.2, -0.15) is 0 Å². The smallest absolute Gasteiger partial charge is 0.165 e. The third kappa shape index (κ3) is 2.61. The zero-order valence-electron chi connectivity index (χ0n) is 12.3. The van der Waals surface area contributed by atoms with Gasteiger partial charge in [0.25, 0.3) is 0 Å². The van der Waals surface area contributed by atoms with Crippen molar-refractivity contribution in [2.24, 2.45) is 5.41 Å². The van der Waals surface area contributed by atoms with E-state index in [1.807, 2.05) is 6.07 Å². The first-order valence-corrected chi connectivity index (χ1v) is 7.36. The Morgan fingerprint density at radius 3 is 2.47 bits per heavy atom. The molecule has 2 rings (SSSR count). The van der Waals surface area contributed by atoms with Crippen LogP contribution in [0.5, 0.6) is 11.5 Å². The lowest BCUT2D eigenvalue weighted by Crippen LogP contribution is -2.38. The number of rotatable bonds is 2. The second-order valence-corrected chi connectivity index (χ2v) is 6.84. The summed E-state index contributed by atoms with van der Waals surface area (Å²) in [6.07, 6.45) is 1.00. The van der Waals surface area contributed by atoms with Crippen molar-refractivity contribution in [2.75, 3.05) is 20.8 Å². The van der Waals surface area contributed by atoms with E-state index < -0.39 is 0 Å².